The second kappa shape index (κ2) is 8.10. The molecule has 0 aliphatic rings. The molecule has 140 valence electrons. The minimum absolute atomic E-state index is 0.190. The predicted octanol–water partition coefficient (Wildman–Crippen LogP) is 4.69. The van der Waals surface area contributed by atoms with Gasteiger partial charge in [-0.15, -0.1) is 5.10 Å². The number of halogens is 1. The van der Waals surface area contributed by atoms with E-state index in [1.807, 2.05) is 54.6 Å². The largest absolute Gasteiger partial charge is 0.461 e. The van der Waals surface area contributed by atoms with Crippen molar-refractivity contribution in [3.05, 3.63) is 89.1 Å². The number of hydrogen-bond acceptors (Lipinski definition) is 5. The number of carbonyl (C=O) groups is 1. The molecule has 6 nitrogen and oxygen atoms in total. The molecule has 2 aromatic carbocycles. The average molecular weight is 393 g/mol. The maximum absolute atomic E-state index is 12.9. The van der Waals surface area contributed by atoms with Crippen molar-refractivity contribution in [1.29, 1.82) is 0 Å². The van der Waals surface area contributed by atoms with Gasteiger partial charge in [-0.05, 0) is 35.4 Å². The van der Waals surface area contributed by atoms with Crippen LogP contribution >= 0.6 is 11.6 Å². The summed E-state index contributed by atoms with van der Waals surface area (Å²) in [5.41, 5.74) is 1.88. The molecular formula is C21H17ClN4O2. The fraction of sp³-hybridized carbons (Fsp3) is 0.0952. The van der Waals surface area contributed by atoms with Crippen LogP contribution in [0.4, 0.5) is 5.95 Å². The molecular weight excluding hydrogens is 376 g/mol. The van der Waals surface area contributed by atoms with Crippen LogP contribution in [0.2, 0.25) is 5.02 Å². The minimum Gasteiger partial charge on any atom is -0.461 e. The highest BCUT2D eigenvalue weighted by Crippen LogP contribution is 2.20. The third-order valence-corrected chi connectivity index (χ3v) is 4.36. The summed E-state index contributed by atoms with van der Waals surface area (Å²) in [4.78, 5) is 17.3. The van der Waals surface area contributed by atoms with Crippen LogP contribution in [0.15, 0.2) is 77.4 Å². The van der Waals surface area contributed by atoms with E-state index in [0.717, 1.165) is 11.1 Å². The second-order valence-electron chi connectivity index (χ2n) is 6.19. The summed E-state index contributed by atoms with van der Waals surface area (Å²) in [5.74, 6) is 1.01. The standard InChI is InChI=1S/C21H17ClN4O2/c22-17-9-4-8-16(12-17)14-23-21-24-20(18-10-5-11-28-18)25-26(21)19(27)13-15-6-2-1-3-7-15/h1-12H,13-14H2,(H,23,24,25). The molecule has 0 aliphatic heterocycles. The Morgan fingerprint density at radius 1 is 1.04 bits per heavy atom. The minimum atomic E-state index is -0.190. The molecule has 7 heteroatoms. The molecule has 0 unspecified atom stereocenters. The van der Waals surface area contributed by atoms with Crippen LogP contribution < -0.4 is 5.32 Å². The molecule has 1 N–H and O–H groups in total. The molecule has 2 aromatic heterocycles. The predicted molar refractivity (Wildman–Crippen MR) is 107 cm³/mol. The van der Waals surface area contributed by atoms with E-state index in [9.17, 15) is 4.79 Å². The highest BCUT2D eigenvalue weighted by atomic mass is 35.5. The Morgan fingerprint density at radius 2 is 1.86 bits per heavy atom. The van der Waals surface area contributed by atoms with Crippen LogP contribution in [0.1, 0.15) is 15.9 Å². The van der Waals surface area contributed by atoms with Crippen molar-refractivity contribution in [1.82, 2.24) is 14.8 Å². The molecule has 0 saturated carbocycles. The highest BCUT2D eigenvalue weighted by Gasteiger charge is 2.18. The third-order valence-electron chi connectivity index (χ3n) is 4.12. The zero-order valence-electron chi connectivity index (χ0n) is 14.9. The first kappa shape index (κ1) is 18.0. The fourth-order valence-electron chi connectivity index (χ4n) is 2.78. The van der Waals surface area contributed by atoms with Crippen molar-refractivity contribution in [3.8, 4) is 11.6 Å². The summed E-state index contributed by atoms with van der Waals surface area (Å²) in [7, 11) is 0. The van der Waals surface area contributed by atoms with Gasteiger partial charge in [-0.3, -0.25) is 4.79 Å². The summed E-state index contributed by atoms with van der Waals surface area (Å²) in [6.45, 7) is 0.454. The molecule has 2 heterocycles. The van der Waals surface area contributed by atoms with E-state index in [-0.39, 0.29) is 12.3 Å². The van der Waals surface area contributed by atoms with E-state index in [1.54, 1.807) is 18.4 Å². The number of nitrogens with one attached hydrogen (secondary N) is 1. The van der Waals surface area contributed by atoms with Gasteiger partial charge in [0.2, 0.25) is 11.8 Å². The number of hydrogen-bond donors (Lipinski definition) is 1. The number of aromatic nitrogens is 3. The third kappa shape index (κ3) is 4.13. The lowest BCUT2D eigenvalue weighted by molar-refractivity contribution is 0.0901. The average Bonchev–Trinajstić information content (AvgIpc) is 3.37. The van der Waals surface area contributed by atoms with E-state index in [0.29, 0.717) is 29.1 Å². The van der Waals surface area contributed by atoms with Gasteiger partial charge in [0.1, 0.15) is 0 Å². The van der Waals surface area contributed by atoms with Crippen molar-refractivity contribution < 1.29 is 9.21 Å². The number of nitrogens with zero attached hydrogens (tertiary/aromatic N) is 3. The van der Waals surface area contributed by atoms with Gasteiger partial charge in [-0.25, -0.2) is 0 Å². The number of carbonyl (C=O) groups excluding carboxylic acids is 1. The normalized spacial score (nSPS) is 10.8. The summed E-state index contributed by atoms with van der Waals surface area (Å²) >= 11 is 6.04. The first-order chi connectivity index (χ1) is 13.7. The van der Waals surface area contributed by atoms with Crippen molar-refractivity contribution in [2.75, 3.05) is 5.32 Å². The van der Waals surface area contributed by atoms with Gasteiger partial charge in [0, 0.05) is 11.6 Å². The summed E-state index contributed by atoms with van der Waals surface area (Å²) < 4.78 is 6.66. The van der Waals surface area contributed by atoms with Crippen molar-refractivity contribution >= 4 is 23.5 Å². The lowest BCUT2D eigenvalue weighted by Gasteiger charge is -2.07. The quantitative estimate of drug-likeness (QED) is 0.515. The Bertz CT molecular complexity index is 1080. The van der Waals surface area contributed by atoms with Gasteiger partial charge < -0.3 is 9.73 Å². The van der Waals surface area contributed by atoms with Crippen LogP contribution in [-0.2, 0) is 13.0 Å². The zero-order chi connectivity index (χ0) is 19.3. The van der Waals surface area contributed by atoms with E-state index in [2.05, 4.69) is 15.4 Å². The first-order valence-electron chi connectivity index (χ1n) is 8.75. The first-order valence-corrected chi connectivity index (χ1v) is 9.13. The molecule has 0 atom stereocenters. The van der Waals surface area contributed by atoms with E-state index >= 15 is 0 Å². The van der Waals surface area contributed by atoms with Crippen LogP contribution in [0.3, 0.4) is 0 Å². The topological polar surface area (TPSA) is 73.0 Å². The van der Waals surface area contributed by atoms with Crippen LogP contribution in [0.5, 0.6) is 0 Å². The molecule has 4 rings (SSSR count). The Kier molecular flexibility index (Phi) is 5.21. The molecule has 0 bridgehead atoms. The summed E-state index contributed by atoms with van der Waals surface area (Å²) in [6.07, 6.45) is 1.76. The monoisotopic (exact) mass is 392 g/mol. The van der Waals surface area contributed by atoms with Gasteiger partial charge in [0.05, 0.1) is 12.7 Å². The van der Waals surface area contributed by atoms with Gasteiger partial charge in [0.25, 0.3) is 5.91 Å². The smallest absolute Gasteiger partial charge is 0.254 e. The second-order valence-corrected chi connectivity index (χ2v) is 6.62. The highest BCUT2D eigenvalue weighted by molar-refractivity contribution is 6.30. The molecule has 4 aromatic rings. The molecule has 0 radical (unpaired) electrons. The summed E-state index contributed by atoms with van der Waals surface area (Å²) in [6, 6.07) is 20.5. The number of benzene rings is 2. The Morgan fingerprint density at radius 3 is 2.61 bits per heavy atom. The number of furan rings is 1. The molecule has 0 aliphatic carbocycles. The molecule has 0 amide bonds. The van der Waals surface area contributed by atoms with E-state index in [1.165, 1.54) is 4.68 Å². The molecule has 28 heavy (non-hydrogen) atoms. The van der Waals surface area contributed by atoms with Gasteiger partial charge >= 0.3 is 0 Å². The van der Waals surface area contributed by atoms with Gasteiger partial charge in [-0.1, -0.05) is 54.1 Å². The number of rotatable bonds is 6. The fourth-order valence-corrected chi connectivity index (χ4v) is 3.00. The summed E-state index contributed by atoms with van der Waals surface area (Å²) in [5, 5.41) is 8.18. The lowest BCUT2D eigenvalue weighted by Crippen LogP contribution is -2.18. The van der Waals surface area contributed by atoms with E-state index < -0.39 is 0 Å². The van der Waals surface area contributed by atoms with E-state index in [4.69, 9.17) is 16.0 Å². The maximum Gasteiger partial charge on any atom is 0.254 e. The van der Waals surface area contributed by atoms with Crippen LogP contribution in [0, 0.1) is 0 Å². The SMILES string of the molecule is O=C(Cc1ccccc1)n1nc(-c2ccco2)nc1NCc1cccc(Cl)c1. The Hall–Kier alpha value is -3.38. The molecule has 0 fully saturated rings. The maximum atomic E-state index is 12.9. The van der Waals surface area contributed by atoms with Crippen molar-refractivity contribution in [2.45, 2.75) is 13.0 Å². The van der Waals surface area contributed by atoms with Crippen LogP contribution in [0.25, 0.3) is 11.6 Å². The van der Waals surface area contributed by atoms with Crippen molar-refractivity contribution in [3.63, 3.8) is 0 Å². The van der Waals surface area contributed by atoms with Gasteiger partial charge in [0.15, 0.2) is 5.76 Å². The van der Waals surface area contributed by atoms with Crippen LogP contribution in [-0.4, -0.2) is 20.7 Å². The Labute approximate surface area is 166 Å². The molecule has 0 spiro atoms. The van der Waals surface area contributed by atoms with Crippen molar-refractivity contribution in [2.24, 2.45) is 0 Å². The number of anilines is 1. The Balaban J connectivity index is 1.60. The molecule has 0 saturated heterocycles. The lowest BCUT2D eigenvalue weighted by atomic mass is 10.1. The zero-order valence-corrected chi connectivity index (χ0v) is 15.6. The van der Waals surface area contributed by atoms with Gasteiger partial charge in [-0.2, -0.15) is 9.67 Å².